The molecule has 0 saturated heterocycles. The van der Waals surface area contributed by atoms with E-state index in [1.165, 1.54) is 7.11 Å². The van der Waals surface area contributed by atoms with E-state index in [9.17, 15) is 4.79 Å². The zero-order valence-electron chi connectivity index (χ0n) is 11.1. The highest BCUT2D eigenvalue weighted by Crippen LogP contribution is 2.26. The van der Waals surface area contributed by atoms with E-state index in [2.05, 4.69) is 5.10 Å². The molecule has 0 saturated carbocycles. The van der Waals surface area contributed by atoms with E-state index >= 15 is 0 Å². The lowest BCUT2D eigenvalue weighted by Crippen LogP contribution is -2.14. The maximum Gasteiger partial charge on any atom is 0.214 e. The molecule has 1 aromatic heterocycles. The number of hydrogen-bond donors (Lipinski definition) is 0. The van der Waals surface area contributed by atoms with Crippen molar-refractivity contribution in [1.29, 1.82) is 0 Å². The molecule has 2 aromatic rings. The topological polar surface area (TPSA) is 44.1 Å². The minimum Gasteiger partial charge on any atom is -0.496 e. The first-order valence-electron chi connectivity index (χ1n) is 5.96. The third-order valence-electron chi connectivity index (χ3n) is 2.80. The van der Waals surface area contributed by atoms with Crippen molar-refractivity contribution in [1.82, 2.24) is 9.78 Å². The number of methoxy groups -OCH3 is 1. The van der Waals surface area contributed by atoms with E-state index in [4.69, 9.17) is 16.3 Å². The lowest BCUT2D eigenvalue weighted by Gasteiger charge is -2.12. The summed E-state index contributed by atoms with van der Waals surface area (Å²) in [5.41, 5.74) is 1.02. The van der Waals surface area contributed by atoms with Crippen molar-refractivity contribution in [3.05, 3.63) is 46.7 Å². The third kappa shape index (κ3) is 2.63. The van der Waals surface area contributed by atoms with E-state index in [1.54, 1.807) is 35.1 Å². The summed E-state index contributed by atoms with van der Waals surface area (Å²) in [4.78, 5) is 12.5. The molecular weight excluding hydrogens is 264 g/mol. The van der Waals surface area contributed by atoms with Gasteiger partial charge in [-0.2, -0.15) is 5.10 Å². The van der Waals surface area contributed by atoms with Gasteiger partial charge >= 0.3 is 0 Å². The van der Waals surface area contributed by atoms with E-state index in [-0.39, 0.29) is 11.8 Å². The molecule has 5 heteroatoms. The molecule has 0 aliphatic rings. The summed E-state index contributed by atoms with van der Waals surface area (Å²) in [6.45, 7) is 3.95. The molecule has 0 fully saturated rings. The highest BCUT2D eigenvalue weighted by atomic mass is 35.5. The molecule has 0 unspecified atom stereocenters. The Labute approximate surface area is 116 Å². The molecule has 1 heterocycles. The van der Waals surface area contributed by atoms with Gasteiger partial charge in [-0.15, -0.1) is 0 Å². The maximum absolute atomic E-state index is 12.5. The lowest BCUT2D eigenvalue weighted by molar-refractivity contribution is 0.102. The number of ether oxygens (including phenoxy) is 1. The minimum absolute atomic E-state index is 0.118. The van der Waals surface area contributed by atoms with E-state index < -0.39 is 0 Å². The second-order valence-electron chi connectivity index (χ2n) is 4.43. The fraction of sp³-hybridized carbons (Fsp3) is 0.286. The summed E-state index contributed by atoms with van der Waals surface area (Å²) in [7, 11) is 1.52. The molecular formula is C14H15ClN2O2. The summed E-state index contributed by atoms with van der Waals surface area (Å²) in [5, 5.41) is 4.70. The zero-order chi connectivity index (χ0) is 14.0. The number of nitrogens with zero attached hydrogens (tertiary/aromatic N) is 2. The van der Waals surface area contributed by atoms with Gasteiger partial charge in [0.05, 0.1) is 12.7 Å². The number of benzene rings is 1. The van der Waals surface area contributed by atoms with Gasteiger partial charge in [0.25, 0.3) is 0 Å². The SMILES string of the molecule is COc1cc(Cl)ccc1C(=O)c1ccnn1C(C)C. The molecule has 0 aliphatic heterocycles. The highest BCUT2D eigenvalue weighted by Gasteiger charge is 2.19. The van der Waals surface area contributed by atoms with Crippen LogP contribution in [-0.4, -0.2) is 22.7 Å². The van der Waals surface area contributed by atoms with Crippen LogP contribution in [0.2, 0.25) is 5.02 Å². The number of ketones is 1. The molecule has 2 rings (SSSR count). The standard InChI is InChI=1S/C14H15ClN2O2/c1-9(2)17-12(6-7-16-17)14(18)11-5-4-10(15)8-13(11)19-3/h4-9H,1-3H3. The Morgan fingerprint density at radius 2 is 2.11 bits per heavy atom. The summed E-state index contributed by atoms with van der Waals surface area (Å²) >= 11 is 5.90. The van der Waals surface area contributed by atoms with Crippen molar-refractivity contribution in [2.45, 2.75) is 19.9 Å². The third-order valence-corrected chi connectivity index (χ3v) is 3.04. The molecule has 0 amide bonds. The number of halogens is 1. The van der Waals surface area contributed by atoms with Gasteiger partial charge in [-0.25, -0.2) is 0 Å². The molecule has 0 aliphatic carbocycles. The highest BCUT2D eigenvalue weighted by molar-refractivity contribution is 6.31. The maximum atomic E-state index is 12.5. The molecule has 100 valence electrons. The van der Waals surface area contributed by atoms with Crippen molar-refractivity contribution in [2.75, 3.05) is 7.11 Å². The summed E-state index contributed by atoms with van der Waals surface area (Å²) in [6.07, 6.45) is 1.62. The van der Waals surface area contributed by atoms with Crippen LogP contribution in [-0.2, 0) is 0 Å². The number of hydrogen-bond acceptors (Lipinski definition) is 3. The van der Waals surface area contributed by atoms with Crippen LogP contribution < -0.4 is 4.74 Å². The van der Waals surface area contributed by atoms with E-state index in [0.29, 0.717) is 22.0 Å². The largest absolute Gasteiger partial charge is 0.496 e. The smallest absolute Gasteiger partial charge is 0.214 e. The second kappa shape index (κ2) is 5.45. The number of aromatic nitrogens is 2. The van der Waals surface area contributed by atoms with Gasteiger partial charge in [0.1, 0.15) is 11.4 Å². The van der Waals surface area contributed by atoms with Crippen LogP contribution >= 0.6 is 11.6 Å². The van der Waals surface area contributed by atoms with Crippen molar-refractivity contribution in [3.63, 3.8) is 0 Å². The minimum atomic E-state index is -0.125. The van der Waals surface area contributed by atoms with Crippen LogP contribution in [0.5, 0.6) is 5.75 Å². The summed E-state index contributed by atoms with van der Waals surface area (Å²) in [6, 6.07) is 6.79. The van der Waals surface area contributed by atoms with Crippen molar-refractivity contribution >= 4 is 17.4 Å². The average Bonchev–Trinajstić information content (AvgIpc) is 2.87. The van der Waals surface area contributed by atoms with Gasteiger partial charge in [-0.05, 0) is 38.1 Å². The lowest BCUT2D eigenvalue weighted by atomic mass is 10.1. The van der Waals surface area contributed by atoms with Gasteiger partial charge < -0.3 is 4.74 Å². The molecule has 0 radical (unpaired) electrons. The molecule has 1 aromatic carbocycles. The normalized spacial score (nSPS) is 10.8. The number of carbonyl (C=O) groups is 1. The predicted molar refractivity (Wildman–Crippen MR) is 74.0 cm³/mol. The van der Waals surface area contributed by atoms with Gasteiger partial charge in [0.15, 0.2) is 0 Å². The fourth-order valence-corrected chi connectivity index (χ4v) is 2.06. The van der Waals surface area contributed by atoms with Gasteiger partial charge in [0, 0.05) is 17.3 Å². The summed E-state index contributed by atoms with van der Waals surface area (Å²) < 4.78 is 6.90. The Balaban J connectivity index is 2.47. The van der Waals surface area contributed by atoms with Crippen LogP contribution in [0.15, 0.2) is 30.5 Å². The van der Waals surface area contributed by atoms with Crippen LogP contribution in [0.25, 0.3) is 0 Å². The van der Waals surface area contributed by atoms with Crippen molar-refractivity contribution in [2.24, 2.45) is 0 Å². The Hall–Kier alpha value is -1.81. The first-order valence-corrected chi connectivity index (χ1v) is 6.34. The zero-order valence-corrected chi connectivity index (χ0v) is 11.8. The molecule has 4 nitrogen and oxygen atoms in total. The predicted octanol–water partition coefficient (Wildman–Crippen LogP) is 3.36. The fourth-order valence-electron chi connectivity index (χ4n) is 1.90. The van der Waals surface area contributed by atoms with Gasteiger partial charge in [-0.3, -0.25) is 9.48 Å². The second-order valence-corrected chi connectivity index (χ2v) is 4.86. The Morgan fingerprint density at radius 1 is 1.37 bits per heavy atom. The Kier molecular flexibility index (Phi) is 3.90. The number of rotatable bonds is 4. The van der Waals surface area contributed by atoms with Gasteiger partial charge in [0.2, 0.25) is 5.78 Å². The molecule has 0 bridgehead atoms. The Morgan fingerprint density at radius 3 is 2.74 bits per heavy atom. The average molecular weight is 279 g/mol. The number of carbonyl (C=O) groups excluding carboxylic acids is 1. The van der Waals surface area contributed by atoms with Crippen molar-refractivity contribution in [3.8, 4) is 5.75 Å². The molecule has 0 N–H and O–H groups in total. The molecule has 0 spiro atoms. The first-order chi connectivity index (χ1) is 9.04. The van der Waals surface area contributed by atoms with Crippen LogP contribution in [0.1, 0.15) is 35.9 Å². The molecule has 0 atom stereocenters. The van der Waals surface area contributed by atoms with E-state index in [1.807, 2.05) is 13.8 Å². The summed E-state index contributed by atoms with van der Waals surface area (Å²) in [5.74, 6) is 0.341. The monoisotopic (exact) mass is 278 g/mol. The van der Waals surface area contributed by atoms with Crippen LogP contribution in [0.4, 0.5) is 0 Å². The van der Waals surface area contributed by atoms with E-state index in [0.717, 1.165) is 0 Å². The molecule has 19 heavy (non-hydrogen) atoms. The van der Waals surface area contributed by atoms with Crippen molar-refractivity contribution < 1.29 is 9.53 Å². The van der Waals surface area contributed by atoms with Crippen LogP contribution in [0.3, 0.4) is 0 Å². The van der Waals surface area contributed by atoms with Gasteiger partial charge in [-0.1, -0.05) is 11.6 Å². The quantitative estimate of drug-likeness (QED) is 0.806. The Bertz CT molecular complexity index is 605. The first kappa shape index (κ1) is 13.6. The van der Waals surface area contributed by atoms with Crippen LogP contribution in [0, 0.1) is 0 Å².